The number of aliphatic hydroxyl groups is 1. The molecular weight excluding hydrogens is 430 g/mol. The van der Waals surface area contributed by atoms with Gasteiger partial charge < -0.3 is 21.0 Å². The average molecular weight is 454 g/mol. The lowest BCUT2D eigenvalue weighted by atomic mass is 9.84. The topological polar surface area (TPSA) is 137 Å². The molecule has 0 amide bonds. The Labute approximate surface area is 189 Å². The maximum absolute atomic E-state index is 14.1. The summed E-state index contributed by atoms with van der Waals surface area (Å²) < 4.78 is 33.8. The standard InChI is InChI=1S/C23H24F2N6O2/c1-23(2,32)22-31-30-21(33-22)18-11-28-10-17(29-18)13-6-3-5-12(20(13)27)9-16(26)19-14(24)7-4-8-15(19)25/h4,7-11,13,32H,3,5-6,26-27H2,1-2H3/b16-9-. The molecule has 4 rings (SSSR count). The van der Waals surface area contributed by atoms with Crippen molar-refractivity contribution in [3.05, 3.63) is 76.7 Å². The Morgan fingerprint density at radius 2 is 1.94 bits per heavy atom. The molecule has 0 saturated heterocycles. The van der Waals surface area contributed by atoms with E-state index in [0.29, 0.717) is 35.5 Å². The highest BCUT2D eigenvalue weighted by molar-refractivity contribution is 5.67. The van der Waals surface area contributed by atoms with Crippen molar-refractivity contribution in [2.24, 2.45) is 11.5 Å². The first-order valence-electron chi connectivity index (χ1n) is 10.4. The van der Waals surface area contributed by atoms with Gasteiger partial charge in [0.1, 0.15) is 22.9 Å². The maximum Gasteiger partial charge on any atom is 0.268 e. The Bertz CT molecular complexity index is 1230. The number of hydrogen-bond acceptors (Lipinski definition) is 8. The highest BCUT2D eigenvalue weighted by Crippen LogP contribution is 2.36. The molecule has 0 bridgehead atoms. The van der Waals surface area contributed by atoms with Gasteiger partial charge in [0.2, 0.25) is 5.89 Å². The van der Waals surface area contributed by atoms with Crippen molar-refractivity contribution in [2.45, 2.75) is 44.6 Å². The molecule has 172 valence electrons. The van der Waals surface area contributed by atoms with Gasteiger partial charge in [0.25, 0.3) is 5.89 Å². The van der Waals surface area contributed by atoms with Crippen molar-refractivity contribution in [1.29, 1.82) is 0 Å². The molecule has 0 fully saturated rings. The minimum atomic E-state index is -1.29. The maximum atomic E-state index is 14.1. The Morgan fingerprint density at radius 1 is 1.21 bits per heavy atom. The third kappa shape index (κ3) is 4.61. The largest absolute Gasteiger partial charge is 0.416 e. The normalized spacial score (nSPS) is 17.5. The van der Waals surface area contributed by atoms with Crippen LogP contribution in [0.5, 0.6) is 0 Å². The predicted molar refractivity (Wildman–Crippen MR) is 117 cm³/mol. The van der Waals surface area contributed by atoms with Gasteiger partial charge in [-0.05, 0) is 56.9 Å². The fourth-order valence-corrected chi connectivity index (χ4v) is 3.74. The zero-order valence-corrected chi connectivity index (χ0v) is 18.2. The number of aromatic nitrogens is 4. The van der Waals surface area contributed by atoms with Crippen molar-refractivity contribution >= 4 is 5.70 Å². The molecule has 33 heavy (non-hydrogen) atoms. The zero-order chi connectivity index (χ0) is 23.8. The molecule has 0 aliphatic heterocycles. The summed E-state index contributed by atoms with van der Waals surface area (Å²) in [6.45, 7) is 3.07. The summed E-state index contributed by atoms with van der Waals surface area (Å²) in [7, 11) is 0. The molecule has 8 nitrogen and oxygen atoms in total. The van der Waals surface area contributed by atoms with Gasteiger partial charge in [0.15, 0.2) is 0 Å². The van der Waals surface area contributed by atoms with Gasteiger partial charge in [-0.1, -0.05) is 6.07 Å². The first-order valence-corrected chi connectivity index (χ1v) is 10.4. The SMILES string of the molecule is CC(C)(O)c1nnc(-c2cncc(C3CCCC(/C=C(\N)c4c(F)cccc4F)=C3N)n2)o1. The van der Waals surface area contributed by atoms with Gasteiger partial charge in [-0.25, -0.2) is 13.8 Å². The molecular formula is C23H24F2N6O2. The lowest BCUT2D eigenvalue weighted by molar-refractivity contribution is 0.0487. The highest BCUT2D eigenvalue weighted by atomic mass is 19.1. The summed E-state index contributed by atoms with van der Waals surface area (Å²) in [5, 5.41) is 17.8. The third-order valence-corrected chi connectivity index (χ3v) is 5.44. The summed E-state index contributed by atoms with van der Waals surface area (Å²) in [5.74, 6) is -1.56. The van der Waals surface area contributed by atoms with E-state index in [-0.39, 0.29) is 29.0 Å². The Kier molecular flexibility index (Phi) is 5.94. The van der Waals surface area contributed by atoms with E-state index in [4.69, 9.17) is 15.9 Å². The fourth-order valence-electron chi connectivity index (χ4n) is 3.74. The minimum absolute atomic E-state index is 0.0333. The zero-order valence-electron chi connectivity index (χ0n) is 18.2. The van der Waals surface area contributed by atoms with Crippen molar-refractivity contribution in [2.75, 3.05) is 0 Å². The minimum Gasteiger partial charge on any atom is -0.416 e. The second-order valence-corrected chi connectivity index (χ2v) is 8.42. The fraction of sp³-hybridized carbons (Fsp3) is 0.304. The van der Waals surface area contributed by atoms with Gasteiger partial charge in [-0.3, -0.25) is 4.98 Å². The third-order valence-electron chi connectivity index (χ3n) is 5.44. The molecule has 2 heterocycles. The van der Waals surface area contributed by atoms with Crippen LogP contribution in [-0.4, -0.2) is 25.3 Å². The van der Waals surface area contributed by atoms with Crippen molar-refractivity contribution in [3.8, 4) is 11.6 Å². The number of halogens is 2. The van der Waals surface area contributed by atoms with Gasteiger partial charge in [0, 0.05) is 23.5 Å². The lowest BCUT2D eigenvalue weighted by Gasteiger charge is -2.25. The Balaban J connectivity index is 1.67. The summed E-state index contributed by atoms with van der Waals surface area (Å²) in [4.78, 5) is 8.81. The summed E-state index contributed by atoms with van der Waals surface area (Å²) in [6, 6.07) is 3.59. The first kappa shape index (κ1) is 22.5. The van der Waals surface area contributed by atoms with Crippen LogP contribution in [0.15, 0.2) is 52.4 Å². The molecule has 0 radical (unpaired) electrons. The molecule has 0 saturated carbocycles. The quantitative estimate of drug-likeness (QED) is 0.533. The molecule has 1 aromatic carbocycles. The van der Waals surface area contributed by atoms with E-state index in [1.54, 1.807) is 6.20 Å². The van der Waals surface area contributed by atoms with E-state index >= 15 is 0 Å². The summed E-state index contributed by atoms with van der Waals surface area (Å²) in [6.07, 6.45) is 6.71. The highest BCUT2D eigenvalue weighted by Gasteiger charge is 2.27. The molecule has 1 unspecified atom stereocenters. The van der Waals surface area contributed by atoms with Crippen LogP contribution in [0.4, 0.5) is 8.78 Å². The monoisotopic (exact) mass is 454 g/mol. The molecule has 1 aliphatic carbocycles. The number of hydrogen-bond donors (Lipinski definition) is 3. The van der Waals surface area contributed by atoms with E-state index in [2.05, 4.69) is 20.2 Å². The molecule has 10 heteroatoms. The van der Waals surface area contributed by atoms with Crippen molar-refractivity contribution in [3.63, 3.8) is 0 Å². The number of nitrogens with two attached hydrogens (primary N) is 2. The van der Waals surface area contributed by atoms with Crippen LogP contribution in [0.25, 0.3) is 17.3 Å². The van der Waals surface area contributed by atoms with E-state index in [1.807, 2.05) is 0 Å². The lowest BCUT2D eigenvalue weighted by Crippen LogP contribution is -2.19. The predicted octanol–water partition coefficient (Wildman–Crippen LogP) is 3.51. The summed E-state index contributed by atoms with van der Waals surface area (Å²) >= 11 is 0. The second-order valence-electron chi connectivity index (χ2n) is 8.42. The second kappa shape index (κ2) is 8.70. The van der Waals surface area contributed by atoms with Crippen LogP contribution in [0.2, 0.25) is 0 Å². The Hall–Kier alpha value is -3.66. The van der Waals surface area contributed by atoms with Crippen LogP contribution in [0, 0.1) is 11.6 Å². The van der Waals surface area contributed by atoms with Gasteiger partial charge in [0.05, 0.1) is 17.5 Å². The molecule has 2 aromatic heterocycles. The molecule has 0 spiro atoms. The van der Waals surface area contributed by atoms with Crippen LogP contribution < -0.4 is 11.5 Å². The van der Waals surface area contributed by atoms with E-state index in [0.717, 1.165) is 18.6 Å². The van der Waals surface area contributed by atoms with E-state index < -0.39 is 17.2 Å². The molecule has 5 N–H and O–H groups in total. The molecule has 1 atom stereocenters. The average Bonchev–Trinajstić information content (AvgIpc) is 3.26. The van der Waals surface area contributed by atoms with Crippen molar-refractivity contribution < 1.29 is 18.3 Å². The summed E-state index contributed by atoms with van der Waals surface area (Å²) in [5.41, 5.74) is 13.0. The molecule has 1 aliphatic rings. The van der Waals surface area contributed by atoms with Gasteiger partial charge >= 0.3 is 0 Å². The van der Waals surface area contributed by atoms with Crippen LogP contribution in [0.3, 0.4) is 0 Å². The Morgan fingerprint density at radius 3 is 2.61 bits per heavy atom. The van der Waals surface area contributed by atoms with E-state index in [1.165, 1.54) is 32.2 Å². The number of allylic oxidation sites excluding steroid dienone is 3. The molecule has 3 aromatic rings. The number of nitrogens with zero attached hydrogens (tertiary/aromatic N) is 4. The van der Waals surface area contributed by atoms with Gasteiger partial charge in [-0.2, -0.15) is 0 Å². The van der Waals surface area contributed by atoms with Gasteiger partial charge in [-0.15, -0.1) is 10.2 Å². The number of rotatable bonds is 5. The van der Waals surface area contributed by atoms with Crippen LogP contribution >= 0.6 is 0 Å². The van der Waals surface area contributed by atoms with Crippen LogP contribution in [0.1, 0.15) is 56.2 Å². The number of benzene rings is 1. The van der Waals surface area contributed by atoms with Crippen LogP contribution in [-0.2, 0) is 5.60 Å². The smallest absolute Gasteiger partial charge is 0.268 e. The first-order chi connectivity index (χ1) is 15.6. The van der Waals surface area contributed by atoms with Crippen molar-refractivity contribution in [1.82, 2.24) is 20.2 Å². The van der Waals surface area contributed by atoms with E-state index in [9.17, 15) is 13.9 Å².